The molecule has 2 rings (SSSR count). The number of halogens is 1. The van der Waals surface area contributed by atoms with Gasteiger partial charge in [0.1, 0.15) is 11.6 Å². The Morgan fingerprint density at radius 1 is 1.24 bits per heavy atom. The van der Waals surface area contributed by atoms with Crippen molar-refractivity contribution in [2.24, 2.45) is 0 Å². The third-order valence-electron chi connectivity index (χ3n) is 3.05. The molecular weight excluding hydrogens is 273 g/mol. The van der Waals surface area contributed by atoms with Gasteiger partial charge < -0.3 is 15.2 Å². The van der Waals surface area contributed by atoms with Crippen LogP contribution in [-0.2, 0) is 6.42 Å². The molecular formula is C16H16FNO3. The highest BCUT2D eigenvalue weighted by Gasteiger charge is 2.06. The zero-order chi connectivity index (χ0) is 15.2. The fraction of sp³-hybridized carbons (Fsp3) is 0.188. The number of carboxylic acid groups (broad SMARTS) is 1. The van der Waals surface area contributed by atoms with Crippen molar-refractivity contribution in [1.29, 1.82) is 0 Å². The molecule has 2 N–H and O–H groups in total. The molecule has 0 fully saturated rings. The number of rotatable bonds is 6. The van der Waals surface area contributed by atoms with E-state index in [2.05, 4.69) is 5.32 Å². The van der Waals surface area contributed by atoms with Crippen LogP contribution in [-0.4, -0.2) is 24.7 Å². The van der Waals surface area contributed by atoms with Gasteiger partial charge in [-0.1, -0.05) is 12.1 Å². The molecule has 0 saturated heterocycles. The Kier molecular flexibility index (Phi) is 4.77. The summed E-state index contributed by atoms with van der Waals surface area (Å²) in [4.78, 5) is 10.9. The zero-order valence-electron chi connectivity index (χ0n) is 11.6. The van der Waals surface area contributed by atoms with Crippen molar-refractivity contribution in [3.8, 4) is 5.75 Å². The third-order valence-corrected chi connectivity index (χ3v) is 3.05. The van der Waals surface area contributed by atoms with E-state index in [1.807, 2.05) is 24.3 Å². The maximum Gasteiger partial charge on any atom is 0.335 e. The summed E-state index contributed by atoms with van der Waals surface area (Å²) in [6, 6.07) is 11.3. The Morgan fingerprint density at radius 3 is 2.57 bits per heavy atom. The van der Waals surface area contributed by atoms with Crippen molar-refractivity contribution < 1.29 is 19.0 Å². The van der Waals surface area contributed by atoms with Gasteiger partial charge in [-0.05, 0) is 42.3 Å². The minimum Gasteiger partial charge on any atom is -0.497 e. The lowest BCUT2D eigenvalue weighted by Gasteiger charge is -2.08. The van der Waals surface area contributed by atoms with Crippen LogP contribution < -0.4 is 10.1 Å². The lowest BCUT2D eigenvalue weighted by Crippen LogP contribution is -2.06. The average molecular weight is 289 g/mol. The summed E-state index contributed by atoms with van der Waals surface area (Å²) in [5.74, 6) is -0.919. The van der Waals surface area contributed by atoms with E-state index in [4.69, 9.17) is 9.84 Å². The summed E-state index contributed by atoms with van der Waals surface area (Å²) >= 11 is 0. The van der Waals surface area contributed by atoms with Crippen LogP contribution in [0.2, 0.25) is 0 Å². The molecule has 2 aromatic carbocycles. The Hall–Kier alpha value is -2.56. The number of carboxylic acids is 1. The van der Waals surface area contributed by atoms with Crippen molar-refractivity contribution in [2.75, 3.05) is 19.0 Å². The summed E-state index contributed by atoms with van der Waals surface area (Å²) in [7, 11) is 1.61. The number of ether oxygens (including phenoxy) is 1. The summed E-state index contributed by atoms with van der Waals surface area (Å²) in [5, 5.41) is 11.9. The first kappa shape index (κ1) is 14.8. The van der Waals surface area contributed by atoms with E-state index in [0.29, 0.717) is 12.2 Å². The van der Waals surface area contributed by atoms with Crippen LogP contribution in [0.5, 0.6) is 5.75 Å². The smallest absolute Gasteiger partial charge is 0.335 e. The largest absolute Gasteiger partial charge is 0.497 e. The minimum absolute atomic E-state index is 0.0676. The van der Waals surface area contributed by atoms with E-state index < -0.39 is 11.8 Å². The summed E-state index contributed by atoms with van der Waals surface area (Å²) < 4.78 is 18.4. The standard InChI is InChI=1S/C16H16FNO3/c1-21-15-4-2-11(3-5-15)6-7-18-14-9-12(16(19)20)8-13(17)10-14/h2-5,8-10,18H,6-7H2,1H3,(H,19,20). The fourth-order valence-electron chi connectivity index (χ4n) is 1.96. The highest BCUT2D eigenvalue weighted by molar-refractivity contribution is 5.88. The molecule has 4 nitrogen and oxygen atoms in total. The summed E-state index contributed by atoms with van der Waals surface area (Å²) in [6.45, 7) is 0.578. The van der Waals surface area contributed by atoms with Crippen LogP contribution in [0.4, 0.5) is 10.1 Å². The minimum atomic E-state index is -1.15. The van der Waals surface area contributed by atoms with Gasteiger partial charge in [0.2, 0.25) is 0 Å². The molecule has 0 bridgehead atoms. The number of methoxy groups -OCH3 is 1. The van der Waals surface area contributed by atoms with Crippen LogP contribution in [0.15, 0.2) is 42.5 Å². The second-order valence-corrected chi connectivity index (χ2v) is 4.56. The molecule has 110 valence electrons. The Balaban J connectivity index is 1.95. The van der Waals surface area contributed by atoms with Gasteiger partial charge in [0, 0.05) is 12.2 Å². The van der Waals surface area contributed by atoms with E-state index >= 15 is 0 Å². The second kappa shape index (κ2) is 6.74. The number of hydrogen-bond donors (Lipinski definition) is 2. The van der Waals surface area contributed by atoms with E-state index in [0.717, 1.165) is 23.8 Å². The van der Waals surface area contributed by atoms with Gasteiger partial charge in [0.05, 0.1) is 12.7 Å². The second-order valence-electron chi connectivity index (χ2n) is 4.56. The van der Waals surface area contributed by atoms with Crippen molar-refractivity contribution in [2.45, 2.75) is 6.42 Å². The summed E-state index contributed by atoms with van der Waals surface area (Å²) in [6.07, 6.45) is 0.739. The fourth-order valence-corrected chi connectivity index (χ4v) is 1.96. The predicted octanol–water partition coefficient (Wildman–Crippen LogP) is 3.19. The van der Waals surface area contributed by atoms with Gasteiger partial charge in [0.25, 0.3) is 0 Å². The van der Waals surface area contributed by atoms with Gasteiger partial charge >= 0.3 is 5.97 Å². The lowest BCUT2D eigenvalue weighted by molar-refractivity contribution is 0.0696. The van der Waals surface area contributed by atoms with Gasteiger partial charge in [-0.2, -0.15) is 0 Å². The molecule has 0 atom stereocenters. The van der Waals surface area contributed by atoms with Crippen LogP contribution in [0.25, 0.3) is 0 Å². The zero-order valence-corrected chi connectivity index (χ0v) is 11.6. The molecule has 0 aliphatic rings. The normalized spacial score (nSPS) is 10.2. The number of nitrogens with one attached hydrogen (secondary N) is 1. The van der Waals surface area contributed by atoms with Gasteiger partial charge in [-0.15, -0.1) is 0 Å². The molecule has 0 aliphatic carbocycles. The number of aromatic carboxylic acids is 1. The first-order valence-electron chi connectivity index (χ1n) is 6.49. The topological polar surface area (TPSA) is 58.6 Å². The maximum absolute atomic E-state index is 13.3. The molecule has 5 heteroatoms. The van der Waals surface area contributed by atoms with Crippen molar-refractivity contribution >= 4 is 11.7 Å². The molecule has 0 aromatic heterocycles. The third kappa shape index (κ3) is 4.21. The predicted molar refractivity (Wildman–Crippen MR) is 78.5 cm³/mol. The van der Waals surface area contributed by atoms with Crippen molar-refractivity contribution in [3.05, 3.63) is 59.4 Å². The molecule has 0 aliphatic heterocycles. The first-order chi connectivity index (χ1) is 10.1. The molecule has 2 aromatic rings. The van der Waals surface area contributed by atoms with E-state index in [9.17, 15) is 9.18 Å². The van der Waals surface area contributed by atoms with Crippen molar-refractivity contribution in [1.82, 2.24) is 0 Å². The highest BCUT2D eigenvalue weighted by Crippen LogP contribution is 2.15. The van der Waals surface area contributed by atoms with Crippen molar-refractivity contribution in [3.63, 3.8) is 0 Å². The number of benzene rings is 2. The number of hydrogen-bond acceptors (Lipinski definition) is 3. The van der Waals surface area contributed by atoms with Crippen LogP contribution in [0.3, 0.4) is 0 Å². The Labute approximate surface area is 122 Å². The number of carbonyl (C=O) groups is 1. The molecule has 0 unspecified atom stereocenters. The van der Waals surface area contributed by atoms with Gasteiger partial charge in [-0.25, -0.2) is 9.18 Å². The average Bonchev–Trinajstić information content (AvgIpc) is 2.47. The van der Waals surface area contributed by atoms with E-state index in [1.54, 1.807) is 7.11 Å². The first-order valence-corrected chi connectivity index (χ1v) is 6.49. The summed E-state index contributed by atoms with van der Waals surface area (Å²) in [5.41, 5.74) is 1.50. The Bertz CT molecular complexity index is 626. The number of anilines is 1. The Morgan fingerprint density at radius 2 is 1.95 bits per heavy atom. The molecule has 0 spiro atoms. The van der Waals surface area contributed by atoms with Crippen LogP contribution in [0.1, 0.15) is 15.9 Å². The van der Waals surface area contributed by atoms with Gasteiger partial charge in [0.15, 0.2) is 0 Å². The quantitative estimate of drug-likeness (QED) is 0.857. The highest BCUT2D eigenvalue weighted by atomic mass is 19.1. The molecule has 0 amide bonds. The lowest BCUT2D eigenvalue weighted by atomic mass is 10.1. The van der Waals surface area contributed by atoms with Crippen LogP contribution in [0, 0.1) is 5.82 Å². The molecule has 0 heterocycles. The van der Waals surface area contributed by atoms with E-state index in [1.165, 1.54) is 12.1 Å². The SMILES string of the molecule is COc1ccc(CCNc2cc(F)cc(C(=O)O)c2)cc1. The van der Waals surface area contributed by atoms with Crippen LogP contribution >= 0.6 is 0 Å². The molecule has 0 radical (unpaired) electrons. The molecule has 0 saturated carbocycles. The monoisotopic (exact) mass is 289 g/mol. The van der Waals surface area contributed by atoms with Gasteiger partial charge in [-0.3, -0.25) is 0 Å². The molecule has 21 heavy (non-hydrogen) atoms. The maximum atomic E-state index is 13.3. The van der Waals surface area contributed by atoms with E-state index in [-0.39, 0.29) is 5.56 Å².